The van der Waals surface area contributed by atoms with Gasteiger partial charge in [-0.1, -0.05) is 23.9 Å². The average molecular weight is 477 g/mol. The maximum Gasteiger partial charge on any atom is 0.338 e. The first-order chi connectivity index (χ1) is 16.5. The quantitative estimate of drug-likeness (QED) is 0.490. The second-order valence-electron chi connectivity index (χ2n) is 7.73. The van der Waals surface area contributed by atoms with Crippen molar-refractivity contribution in [3.63, 3.8) is 0 Å². The topological polar surface area (TPSA) is 122 Å². The molecule has 2 aromatic rings. The molecule has 172 valence electrons. The minimum Gasteiger partial charge on any atom is -0.463 e. The van der Waals surface area contributed by atoms with E-state index in [1.165, 1.54) is 36.0 Å². The predicted octanol–water partition coefficient (Wildman–Crippen LogP) is 4.00. The molecule has 2 heterocycles. The van der Waals surface area contributed by atoms with Crippen molar-refractivity contribution in [2.24, 2.45) is 5.73 Å². The number of aromatic nitrogens is 1. The first-order valence-electron chi connectivity index (χ1n) is 10.8. The van der Waals surface area contributed by atoms with E-state index in [-0.39, 0.29) is 35.1 Å². The van der Waals surface area contributed by atoms with E-state index in [1.807, 2.05) is 12.1 Å². The highest BCUT2D eigenvalue weighted by molar-refractivity contribution is 7.99. The summed E-state index contributed by atoms with van der Waals surface area (Å²) in [4.78, 5) is 17.7. The van der Waals surface area contributed by atoms with Crippen LogP contribution in [0, 0.1) is 28.5 Å². The average Bonchev–Trinajstić information content (AvgIpc) is 3.29. The zero-order valence-corrected chi connectivity index (χ0v) is 19.2. The smallest absolute Gasteiger partial charge is 0.338 e. The molecule has 0 bridgehead atoms. The summed E-state index contributed by atoms with van der Waals surface area (Å²) in [7, 11) is 0. The third-order valence-electron chi connectivity index (χ3n) is 5.67. The summed E-state index contributed by atoms with van der Waals surface area (Å²) in [6.07, 6.45) is 2.76. The monoisotopic (exact) mass is 476 g/mol. The molecule has 1 aliphatic carbocycles. The van der Waals surface area contributed by atoms with Crippen LogP contribution < -0.4 is 5.73 Å². The van der Waals surface area contributed by atoms with E-state index in [2.05, 4.69) is 11.1 Å². The number of esters is 1. The maximum absolute atomic E-state index is 13.6. The molecule has 0 spiro atoms. The molecule has 7 nitrogen and oxygen atoms in total. The molecule has 9 heteroatoms. The van der Waals surface area contributed by atoms with E-state index in [0.29, 0.717) is 16.2 Å². The number of allylic oxidation sites excluding steroid dienone is 1. The number of benzene rings is 1. The fourth-order valence-corrected chi connectivity index (χ4v) is 5.04. The van der Waals surface area contributed by atoms with Crippen molar-refractivity contribution in [3.8, 4) is 12.1 Å². The summed E-state index contributed by atoms with van der Waals surface area (Å²) in [6, 6.07) is 11.6. The van der Waals surface area contributed by atoms with Crippen LogP contribution in [0.2, 0.25) is 0 Å². The van der Waals surface area contributed by atoms with Crippen LogP contribution in [0.15, 0.2) is 58.1 Å². The second-order valence-corrected chi connectivity index (χ2v) is 8.70. The summed E-state index contributed by atoms with van der Waals surface area (Å²) in [5, 5.41) is 19.9. The van der Waals surface area contributed by atoms with Crippen LogP contribution in [0.3, 0.4) is 0 Å². The number of carbonyl (C=O) groups excluding carboxylic acids is 1. The zero-order valence-electron chi connectivity index (χ0n) is 18.4. The Hall–Kier alpha value is -3.82. The number of hydrogen-bond acceptors (Lipinski definition) is 8. The Morgan fingerprint density at radius 2 is 2.06 bits per heavy atom. The maximum atomic E-state index is 13.6. The molecule has 0 saturated carbocycles. The highest BCUT2D eigenvalue weighted by atomic mass is 32.2. The summed E-state index contributed by atoms with van der Waals surface area (Å²) < 4.78 is 24.6. The lowest BCUT2D eigenvalue weighted by molar-refractivity contribution is -0.139. The first-order valence-corrected chi connectivity index (χ1v) is 11.7. The van der Waals surface area contributed by atoms with E-state index in [1.54, 1.807) is 6.92 Å². The minimum atomic E-state index is -0.877. The van der Waals surface area contributed by atoms with Crippen LogP contribution in [-0.2, 0) is 27.1 Å². The number of nitrogens with two attached hydrogens (primary N) is 1. The van der Waals surface area contributed by atoms with Crippen LogP contribution in [0.4, 0.5) is 4.39 Å². The van der Waals surface area contributed by atoms with Gasteiger partial charge in [0, 0.05) is 5.69 Å². The van der Waals surface area contributed by atoms with Gasteiger partial charge in [0.1, 0.15) is 34.3 Å². The zero-order chi connectivity index (χ0) is 24.2. The Bertz CT molecular complexity index is 1290. The van der Waals surface area contributed by atoms with Gasteiger partial charge in [0.05, 0.1) is 29.4 Å². The Balaban J connectivity index is 1.76. The summed E-state index contributed by atoms with van der Waals surface area (Å²) in [5.74, 6) is -1.78. The molecule has 1 aliphatic heterocycles. The van der Waals surface area contributed by atoms with E-state index >= 15 is 0 Å². The molecule has 0 fully saturated rings. The Kier molecular flexibility index (Phi) is 6.85. The van der Waals surface area contributed by atoms with Crippen molar-refractivity contribution in [2.45, 2.75) is 37.1 Å². The van der Waals surface area contributed by atoms with Gasteiger partial charge in [0.15, 0.2) is 0 Å². The lowest BCUT2D eigenvalue weighted by atomic mass is 9.83. The molecule has 2 aliphatic rings. The van der Waals surface area contributed by atoms with Crippen molar-refractivity contribution in [2.75, 3.05) is 12.4 Å². The fraction of sp³-hybridized carbons (Fsp3) is 0.280. The molecule has 1 aromatic carbocycles. The molecule has 2 N–H and O–H groups in total. The number of nitriles is 2. The van der Waals surface area contributed by atoms with Gasteiger partial charge in [0.2, 0.25) is 5.88 Å². The van der Waals surface area contributed by atoms with Gasteiger partial charge in [0.25, 0.3) is 0 Å². The van der Waals surface area contributed by atoms with Gasteiger partial charge in [-0.2, -0.15) is 10.5 Å². The van der Waals surface area contributed by atoms with Gasteiger partial charge in [-0.15, -0.1) is 0 Å². The summed E-state index contributed by atoms with van der Waals surface area (Å²) in [6.45, 7) is 1.79. The van der Waals surface area contributed by atoms with E-state index in [9.17, 15) is 19.7 Å². The van der Waals surface area contributed by atoms with Crippen LogP contribution >= 0.6 is 11.8 Å². The Morgan fingerprint density at radius 1 is 1.29 bits per heavy atom. The standard InChI is InChI=1S/C25H21FN4O3S/c1-2-32-25(31)22-20(13-34-24-16(11-27)10-15-4-3-5-19(15)30-24)33-23(29)18(12-28)21(22)14-6-8-17(26)9-7-14/h6-10,21H,2-5,13,29H2,1H3. The fourth-order valence-electron chi connectivity index (χ4n) is 4.12. The van der Waals surface area contributed by atoms with Crippen LogP contribution in [-0.4, -0.2) is 23.3 Å². The molecule has 1 unspecified atom stereocenters. The predicted molar refractivity (Wildman–Crippen MR) is 122 cm³/mol. The second kappa shape index (κ2) is 9.98. The normalized spacial score (nSPS) is 17.0. The summed E-state index contributed by atoms with van der Waals surface area (Å²) >= 11 is 1.25. The lowest BCUT2D eigenvalue weighted by Gasteiger charge is -2.28. The number of fused-ring (bicyclic) bond motifs is 1. The van der Waals surface area contributed by atoms with Crippen molar-refractivity contribution in [1.29, 1.82) is 10.5 Å². The van der Waals surface area contributed by atoms with Crippen molar-refractivity contribution >= 4 is 17.7 Å². The van der Waals surface area contributed by atoms with E-state index in [4.69, 9.17) is 15.2 Å². The number of carbonyl (C=O) groups is 1. The lowest BCUT2D eigenvalue weighted by Crippen LogP contribution is -2.27. The highest BCUT2D eigenvalue weighted by Crippen LogP contribution is 2.41. The van der Waals surface area contributed by atoms with Gasteiger partial charge in [-0.05, 0) is 55.5 Å². The van der Waals surface area contributed by atoms with Crippen molar-refractivity contribution in [3.05, 3.63) is 81.3 Å². The van der Waals surface area contributed by atoms with Crippen LogP contribution in [0.25, 0.3) is 0 Å². The van der Waals surface area contributed by atoms with E-state index < -0.39 is 17.7 Å². The molecule has 0 saturated heterocycles. The number of halogens is 1. The molecule has 1 atom stereocenters. The number of aryl methyl sites for hydroxylation is 2. The minimum absolute atomic E-state index is 0.0387. The van der Waals surface area contributed by atoms with Gasteiger partial charge in [-0.3, -0.25) is 0 Å². The third-order valence-corrected chi connectivity index (χ3v) is 6.66. The first kappa shape index (κ1) is 23.3. The number of hydrogen-bond donors (Lipinski definition) is 1. The summed E-state index contributed by atoms with van der Waals surface area (Å²) in [5.41, 5.74) is 9.24. The molecular formula is C25H21FN4O3S. The largest absolute Gasteiger partial charge is 0.463 e. The van der Waals surface area contributed by atoms with Crippen LogP contribution in [0.1, 0.15) is 41.6 Å². The highest BCUT2D eigenvalue weighted by Gasteiger charge is 2.37. The number of ether oxygens (including phenoxy) is 2. The van der Waals surface area contributed by atoms with Crippen molar-refractivity contribution in [1.82, 2.24) is 4.98 Å². The number of pyridine rings is 1. The number of thioether (sulfide) groups is 1. The van der Waals surface area contributed by atoms with Gasteiger partial charge >= 0.3 is 5.97 Å². The Morgan fingerprint density at radius 3 is 2.74 bits per heavy atom. The van der Waals surface area contributed by atoms with Gasteiger partial charge in [-0.25, -0.2) is 14.2 Å². The van der Waals surface area contributed by atoms with E-state index in [0.717, 1.165) is 30.5 Å². The van der Waals surface area contributed by atoms with Crippen molar-refractivity contribution < 1.29 is 18.7 Å². The molecule has 0 amide bonds. The SMILES string of the molecule is CCOC(=O)C1=C(CSc2nc3c(cc2C#N)CCC3)OC(N)=C(C#N)C1c1ccc(F)cc1. The molecule has 1 aromatic heterocycles. The third kappa shape index (κ3) is 4.48. The number of rotatable bonds is 6. The van der Waals surface area contributed by atoms with Gasteiger partial charge < -0.3 is 15.2 Å². The number of nitrogens with zero attached hydrogens (tertiary/aromatic N) is 3. The Labute approximate surface area is 200 Å². The molecule has 4 rings (SSSR count). The molecule has 0 radical (unpaired) electrons. The molecular weight excluding hydrogens is 455 g/mol. The molecule has 34 heavy (non-hydrogen) atoms. The van der Waals surface area contributed by atoms with Crippen LogP contribution in [0.5, 0.6) is 0 Å².